The second kappa shape index (κ2) is 20.8. The SMILES string of the molecule is C=Cc1c(C)c2cc3nc(cc4[n-]c(cc5nc(cc1[n-]2)C(C)=C5CCC(=O)O)c(CCC(=O)O)c4C)C(C)=C3[C@@H](O)CC/C=C(\C)CC/C=C(\C)CCC=C(C)C.[Fe+2]. The van der Waals surface area contributed by atoms with Gasteiger partial charge in [0, 0.05) is 18.4 Å². The molecule has 3 N–H and O–H groups in total. The summed E-state index contributed by atoms with van der Waals surface area (Å²) in [6.07, 6.45) is 13.6. The molecule has 0 amide bonds. The predicted octanol–water partition coefficient (Wildman–Crippen LogP) is 11.1. The Balaban J connectivity index is 0.00000769. The molecule has 0 aliphatic carbocycles. The van der Waals surface area contributed by atoms with E-state index in [4.69, 9.17) is 19.9 Å². The van der Waals surface area contributed by atoms with Crippen LogP contribution < -0.4 is 9.97 Å². The fraction of sp³-hybridized carbons (Fsp3) is 0.388. The van der Waals surface area contributed by atoms with E-state index in [-0.39, 0.29) is 42.8 Å². The van der Waals surface area contributed by atoms with Crippen LogP contribution in [0.4, 0.5) is 0 Å². The first kappa shape index (κ1) is 46.7. The van der Waals surface area contributed by atoms with Crippen LogP contribution in [0.25, 0.3) is 50.4 Å². The number of carboxylic acids is 2. The van der Waals surface area contributed by atoms with Crippen molar-refractivity contribution in [3.05, 3.63) is 111 Å². The molecule has 0 spiro atoms. The van der Waals surface area contributed by atoms with Crippen molar-refractivity contribution in [1.29, 1.82) is 0 Å². The zero-order chi connectivity index (χ0) is 42.3. The number of aliphatic hydroxyl groups is 1. The maximum Gasteiger partial charge on any atom is 2.00 e. The number of aliphatic hydroxyl groups excluding tert-OH is 1. The van der Waals surface area contributed by atoms with Crippen LogP contribution in [0.15, 0.2) is 65.8 Å². The van der Waals surface area contributed by atoms with Crippen molar-refractivity contribution in [2.45, 2.75) is 126 Å². The predicted molar refractivity (Wildman–Crippen MR) is 237 cm³/mol. The van der Waals surface area contributed by atoms with E-state index in [2.05, 4.69) is 52.5 Å². The Morgan fingerprint density at radius 2 is 1.20 bits per heavy atom. The summed E-state index contributed by atoms with van der Waals surface area (Å²) in [4.78, 5) is 43.6. The molecule has 2 aliphatic heterocycles. The second-order valence-electron chi connectivity index (χ2n) is 15.9. The number of hydrogen-bond donors (Lipinski definition) is 3. The van der Waals surface area contributed by atoms with E-state index in [1.807, 2.05) is 52.0 Å². The summed E-state index contributed by atoms with van der Waals surface area (Å²) in [5.74, 6) is -1.83. The third kappa shape index (κ3) is 11.6. The zero-order valence-electron chi connectivity index (χ0n) is 35.8. The molecule has 0 radical (unpaired) electrons. The summed E-state index contributed by atoms with van der Waals surface area (Å²) in [5.41, 5.74) is 15.8. The number of rotatable bonds is 17. The summed E-state index contributed by atoms with van der Waals surface area (Å²) < 4.78 is 0. The number of aryl methyl sites for hydroxylation is 3. The average Bonchev–Trinajstić information content (AvgIpc) is 3.82. The van der Waals surface area contributed by atoms with Gasteiger partial charge in [0.25, 0.3) is 0 Å². The first-order valence-corrected chi connectivity index (χ1v) is 20.3. The van der Waals surface area contributed by atoms with Gasteiger partial charge in [-0.3, -0.25) is 9.59 Å². The first-order valence-electron chi connectivity index (χ1n) is 20.3. The monoisotopic (exact) mass is 838 g/mol. The van der Waals surface area contributed by atoms with Crippen LogP contribution in [0.3, 0.4) is 0 Å². The summed E-state index contributed by atoms with van der Waals surface area (Å²) in [7, 11) is 0. The molecular weight excluding hydrogens is 780 g/mol. The van der Waals surface area contributed by atoms with Gasteiger partial charge in [0.15, 0.2) is 0 Å². The average molecular weight is 839 g/mol. The first-order chi connectivity index (χ1) is 27.6. The standard InChI is InChI=1S/C49H60N4O5.Fe/c1-10-35-31(6)40-26-45-49(46(54)19-13-18-30(5)17-12-16-29(4)15-11-14-28(2)3)34(9)41(53-45)24-38-32(7)36(20-22-47(55)56)43(51-38)27-44-37(21-23-48(57)58)33(8)39(52-44)25-42(35)50-40;/h10,14,16,18,24-27,46,54H,1,11-13,15,17,19-23H2,2-9H3,(H4,50,51,52,53,55,56,57,58);/q;+2/p-2/b29-16+,30-18+,38-24?,39-25?,40-26?,41-24?,42-25?,43-27?,44-27?,45-26?;/t46-;/m0./s1. The minimum Gasteiger partial charge on any atom is -0.657 e. The Labute approximate surface area is 359 Å². The van der Waals surface area contributed by atoms with Crippen LogP contribution in [0, 0.1) is 13.8 Å². The quantitative estimate of drug-likeness (QED) is 0.0892. The number of aromatic nitrogens is 4. The second-order valence-corrected chi connectivity index (χ2v) is 15.9. The molecule has 8 bridgehead atoms. The van der Waals surface area contributed by atoms with E-state index in [9.17, 15) is 24.9 Å². The Hall–Kier alpha value is -5.02. The smallest absolute Gasteiger partial charge is 0.657 e. The topological polar surface area (TPSA) is 149 Å². The molecule has 3 aromatic heterocycles. The summed E-state index contributed by atoms with van der Waals surface area (Å²) >= 11 is 0. The number of carboxylic acid groups (broad SMARTS) is 2. The van der Waals surface area contributed by atoms with E-state index in [1.165, 1.54) is 16.7 Å². The fourth-order valence-corrected chi connectivity index (χ4v) is 7.75. The van der Waals surface area contributed by atoms with E-state index < -0.39 is 18.0 Å². The van der Waals surface area contributed by atoms with Crippen molar-refractivity contribution in [1.82, 2.24) is 19.9 Å². The summed E-state index contributed by atoms with van der Waals surface area (Å²) in [6.45, 7) is 20.5. The van der Waals surface area contributed by atoms with Crippen molar-refractivity contribution in [3.63, 3.8) is 0 Å². The molecule has 312 valence electrons. The van der Waals surface area contributed by atoms with Crippen LogP contribution in [0.5, 0.6) is 0 Å². The molecule has 9 nitrogen and oxygen atoms in total. The molecule has 5 heterocycles. The number of hydrogen-bond acceptors (Lipinski definition) is 5. The third-order valence-electron chi connectivity index (χ3n) is 11.2. The Bertz CT molecular complexity index is 2430. The van der Waals surface area contributed by atoms with Gasteiger partial charge in [0.05, 0.1) is 28.9 Å². The Morgan fingerprint density at radius 3 is 1.85 bits per heavy atom. The van der Waals surface area contributed by atoms with Crippen molar-refractivity contribution in [2.75, 3.05) is 0 Å². The van der Waals surface area contributed by atoms with Gasteiger partial charge in [-0.2, -0.15) is 0 Å². The van der Waals surface area contributed by atoms with E-state index >= 15 is 0 Å². The van der Waals surface area contributed by atoms with Gasteiger partial charge in [-0.25, -0.2) is 9.97 Å². The van der Waals surface area contributed by atoms with Gasteiger partial charge in [-0.1, -0.05) is 88.6 Å². The van der Waals surface area contributed by atoms with E-state index in [0.717, 1.165) is 70.2 Å². The maximum atomic E-state index is 11.9. The minimum absolute atomic E-state index is 0. The molecule has 5 rings (SSSR count). The maximum absolute atomic E-state index is 11.9. The zero-order valence-corrected chi connectivity index (χ0v) is 36.9. The van der Waals surface area contributed by atoms with Gasteiger partial charge in [0.2, 0.25) is 0 Å². The molecule has 59 heavy (non-hydrogen) atoms. The molecular formula is C49H58FeN4O5. The number of aliphatic carboxylic acids is 2. The fourth-order valence-electron chi connectivity index (χ4n) is 7.75. The number of allylic oxidation sites excluding steroid dienone is 9. The summed E-state index contributed by atoms with van der Waals surface area (Å²) in [6, 6.07) is 7.58. The molecule has 10 heteroatoms. The molecule has 0 unspecified atom stereocenters. The van der Waals surface area contributed by atoms with Crippen LogP contribution in [-0.2, 0) is 33.1 Å². The molecule has 2 aliphatic rings. The van der Waals surface area contributed by atoms with Gasteiger partial charge >= 0.3 is 29.0 Å². The molecule has 0 aromatic carbocycles. The van der Waals surface area contributed by atoms with Crippen LogP contribution in [0.2, 0.25) is 0 Å². The van der Waals surface area contributed by atoms with E-state index in [0.29, 0.717) is 57.7 Å². The Kier molecular flexibility index (Phi) is 16.4. The van der Waals surface area contributed by atoms with Gasteiger partial charge < -0.3 is 25.3 Å². The van der Waals surface area contributed by atoms with Crippen molar-refractivity contribution >= 4 is 62.4 Å². The number of nitrogens with zero attached hydrogens (tertiary/aromatic N) is 4. The Morgan fingerprint density at radius 1 is 0.678 bits per heavy atom. The minimum atomic E-state index is -0.915. The molecule has 0 saturated carbocycles. The van der Waals surface area contributed by atoms with Gasteiger partial charge in [0.1, 0.15) is 0 Å². The van der Waals surface area contributed by atoms with Crippen molar-refractivity contribution in [2.24, 2.45) is 0 Å². The van der Waals surface area contributed by atoms with Crippen LogP contribution in [0.1, 0.15) is 144 Å². The van der Waals surface area contributed by atoms with Gasteiger partial charge in [-0.05, 0) is 129 Å². The molecule has 0 saturated heterocycles. The third-order valence-corrected chi connectivity index (χ3v) is 11.2. The molecule has 3 aromatic rings. The van der Waals surface area contributed by atoms with Gasteiger partial charge in [-0.15, -0.1) is 22.1 Å². The molecule has 1 atom stereocenters. The van der Waals surface area contributed by atoms with Crippen molar-refractivity contribution < 1.29 is 42.0 Å². The molecule has 0 fully saturated rings. The van der Waals surface area contributed by atoms with Crippen molar-refractivity contribution in [3.8, 4) is 0 Å². The van der Waals surface area contributed by atoms with E-state index in [1.54, 1.807) is 6.08 Å². The number of carbonyl (C=O) groups is 2. The number of fused-ring (bicyclic) bond motifs is 8. The van der Waals surface area contributed by atoms with Crippen LogP contribution in [-0.4, -0.2) is 43.3 Å². The van der Waals surface area contributed by atoms with Crippen LogP contribution >= 0.6 is 0 Å². The normalized spacial score (nSPS) is 13.7. The largest absolute Gasteiger partial charge is 2.00 e. The summed E-state index contributed by atoms with van der Waals surface area (Å²) in [5, 5.41) is 31.1.